The van der Waals surface area contributed by atoms with Gasteiger partial charge in [-0.1, -0.05) is 140 Å². The molecule has 0 amide bonds. The Morgan fingerprint density at radius 2 is 1.10 bits per heavy atom. The molecule has 0 saturated heterocycles. The van der Waals surface area contributed by atoms with Crippen molar-refractivity contribution in [3.8, 4) is 0 Å². The Labute approximate surface area is 195 Å². The minimum absolute atomic E-state index is 0. The van der Waals surface area contributed by atoms with Crippen molar-refractivity contribution >= 4 is 12.4 Å². The topological polar surface area (TPSA) is 26.0 Å². The molecule has 0 aliphatic rings. The number of hydrogen-bond donors (Lipinski definition) is 1. The van der Waals surface area contributed by atoms with Gasteiger partial charge in [-0.05, 0) is 30.7 Å². The van der Waals surface area contributed by atoms with Crippen LogP contribution in [0.1, 0.15) is 129 Å². The molecule has 0 aromatic heterocycles. The summed E-state index contributed by atoms with van der Waals surface area (Å²) in [7, 11) is 0. The lowest BCUT2D eigenvalue weighted by Gasteiger charge is -2.17. The predicted molar refractivity (Wildman–Crippen MR) is 139 cm³/mol. The van der Waals surface area contributed by atoms with Crippen LogP contribution in [0.2, 0.25) is 0 Å². The number of rotatable bonds is 20. The Balaban J connectivity index is 0.00000841. The largest absolute Gasteiger partial charge is 0.328 e. The molecule has 0 aliphatic heterocycles. The van der Waals surface area contributed by atoms with Crippen molar-refractivity contribution in [1.82, 2.24) is 0 Å². The maximum Gasteiger partial charge on any atom is 0.00414 e. The molecule has 1 aromatic carbocycles. The lowest BCUT2D eigenvalue weighted by Crippen LogP contribution is -2.23. The fourth-order valence-corrected chi connectivity index (χ4v) is 4.51. The second kappa shape index (κ2) is 21.7. The average molecular weight is 438 g/mol. The molecular weight excluding hydrogens is 386 g/mol. The smallest absolute Gasteiger partial charge is 0.00414 e. The zero-order valence-electron chi connectivity index (χ0n) is 20.3. The van der Waals surface area contributed by atoms with E-state index in [-0.39, 0.29) is 12.4 Å². The van der Waals surface area contributed by atoms with Crippen LogP contribution in [0.15, 0.2) is 30.3 Å². The molecule has 0 radical (unpaired) electrons. The molecule has 2 heteroatoms. The fraction of sp³-hybridized carbons (Fsp3) is 0.786. The Hall–Kier alpha value is -0.530. The quantitative estimate of drug-likeness (QED) is 0.202. The Morgan fingerprint density at radius 3 is 1.57 bits per heavy atom. The maximum absolute atomic E-state index is 6.38. The number of nitrogens with two attached hydrogens (primary N) is 1. The van der Waals surface area contributed by atoms with E-state index in [4.69, 9.17) is 5.73 Å². The van der Waals surface area contributed by atoms with Gasteiger partial charge in [-0.3, -0.25) is 0 Å². The van der Waals surface area contributed by atoms with Crippen LogP contribution in [0, 0.1) is 5.92 Å². The molecule has 1 aromatic rings. The Kier molecular flexibility index (Phi) is 21.3. The average Bonchev–Trinajstić information content (AvgIpc) is 2.71. The van der Waals surface area contributed by atoms with Gasteiger partial charge in [-0.2, -0.15) is 0 Å². The first kappa shape index (κ1) is 29.5. The van der Waals surface area contributed by atoms with E-state index in [1.807, 2.05) is 0 Å². The van der Waals surface area contributed by atoms with Gasteiger partial charge >= 0.3 is 0 Å². The third-order valence-electron chi connectivity index (χ3n) is 6.31. The monoisotopic (exact) mass is 437 g/mol. The van der Waals surface area contributed by atoms with E-state index >= 15 is 0 Å². The molecular formula is C28H52ClN. The first-order valence-corrected chi connectivity index (χ1v) is 13.0. The second-order valence-corrected chi connectivity index (χ2v) is 9.53. The molecule has 0 bridgehead atoms. The molecule has 2 atom stereocenters. The third kappa shape index (κ3) is 18.3. The van der Waals surface area contributed by atoms with Crippen molar-refractivity contribution in [3.63, 3.8) is 0 Å². The summed E-state index contributed by atoms with van der Waals surface area (Å²) in [6, 6.07) is 11.2. The van der Waals surface area contributed by atoms with Crippen LogP contribution in [0.4, 0.5) is 0 Å². The van der Waals surface area contributed by atoms with Crippen LogP contribution in [-0.2, 0) is 6.42 Å². The highest BCUT2D eigenvalue weighted by atomic mass is 35.5. The standard InChI is InChI=1S/C28H51N.ClH/c1-3-4-5-6-7-8-9-10-11-12-13-14-15-16-20-23-28(29)25-26(2)24-27-21-18-17-19-22-27;/h17-19,21-22,26,28H,3-16,20,23-25,29H2,1-2H3;1H. The number of benzene rings is 1. The summed E-state index contributed by atoms with van der Waals surface area (Å²) in [5.74, 6) is 0.684. The van der Waals surface area contributed by atoms with Crippen molar-refractivity contribution in [2.45, 2.75) is 135 Å². The summed E-state index contributed by atoms with van der Waals surface area (Å²) in [4.78, 5) is 0. The van der Waals surface area contributed by atoms with Crippen LogP contribution < -0.4 is 5.73 Å². The normalized spacial score (nSPS) is 13.0. The lowest BCUT2D eigenvalue weighted by molar-refractivity contribution is 0.428. The summed E-state index contributed by atoms with van der Waals surface area (Å²) < 4.78 is 0. The maximum atomic E-state index is 6.38. The summed E-state index contributed by atoms with van der Waals surface area (Å²) >= 11 is 0. The molecule has 0 spiro atoms. The number of halogens is 1. The summed E-state index contributed by atoms with van der Waals surface area (Å²) in [5, 5.41) is 0. The third-order valence-corrected chi connectivity index (χ3v) is 6.31. The van der Waals surface area contributed by atoms with Crippen LogP contribution >= 0.6 is 12.4 Å². The van der Waals surface area contributed by atoms with E-state index in [0.717, 1.165) is 12.8 Å². The highest BCUT2D eigenvalue weighted by Gasteiger charge is 2.09. The lowest BCUT2D eigenvalue weighted by atomic mass is 9.92. The molecule has 2 N–H and O–H groups in total. The van der Waals surface area contributed by atoms with E-state index in [2.05, 4.69) is 44.2 Å². The van der Waals surface area contributed by atoms with Crippen LogP contribution in [0.25, 0.3) is 0 Å². The van der Waals surface area contributed by atoms with E-state index in [1.165, 1.54) is 108 Å². The first-order valence-electron chi connectivity index (χ1n) is 13.0. The Morgan fingerprint density at radius 1 is 0.667 bits per heavy atom. The first-order chi connectivity index (χ1) is 14.2. The van der Waals surface area contributed by atoms with E-state index in [9.17, 15) is 0 Å². The SMILES string of the molecule is CCCCCCCCCCCCCCCCCC(N)CC(C)Cc1ccccc1.Cl. The van der Waals surface area contributed by atoms with Crippen molar-refractivity contribution in [2.75, 3.05) is 0 Å². The fourth-order valence-electron chi connectivity index (χ4n) is 4.51. The van der Waals surface area contributed by atoms with E-state index < -0.39 is 0 Å². The van der Waals surface area contributed by atoms with Gasteiger partial charge in [0.25, 0.3) is 0 Å². The molecule has 1 nitrogen and oxygen atoms in total. The predicted octanol–water partition coefficient (Wildman–Crippen LogP) is 9.27. The molecule has 30 heavy (non-hydrogen) atoms. The van der Waals surface area contributed by atoms with Gasteiger partial charge in [-0.25, -0.2) is 0 Å². The van der Waals surface area contributed by atoms with Gasteiger partial charge in [0.15, 0.2) is 0 Å². The van der Waals surface area contributed by atoms with Crippen LogP contribution in [-0.4, -0.2) is 6.04 Å². The van der Waals surface area contributed by atoms with E-state index in [1.54, 1.807) is 0 Å². The molecule has 1 rings (SSSR count). The number of unbranched alkanes of at least 4 members (excludes halogenated alkanes) is 14. The molecule has 0 fully saturated rings. The van der Waals surface area contributed by atoms with Gasteiger partial charge in [0, 0.05) is 6.04 Å². The second-order valence-electron chi connectivity index (χ2n) is 9.53. The van der Waals surface area contributed by atoms with Gasteiger partial charge in [0.1, 0.15) is 0 Å². The van der Waals surface area contributed by atoms with Crippen molar-refractivity contribution in [1.29, 1.82) is 0 Å². The van der Waals surface area contributed by atoms with Gasteiger partial charge in [0.05, 0.1) is 0 Å². The van der Waals surface area contributed by atoms with Crippen molar-refractivity contribution in [3.05, 3.63) is 35.9 Å². The highest BCUT2D eigenvalue weighted by Crippen LogP contribution is 2.17. The zero-order chi connectivity index (χ0) is 21.0. The minimum atomic E-state index is 0. The molecule has 0 heterocycles. The van der Waals surface area contributed by atoms with Crippen molar-refractivity contribution in [2.24, 2.45) is 11.7 Å². The molecule has 176 valence electrons. The number of hydrogen-bond acceptors (Lipinski definition) is 1. The van der Waals surface area contributed by atoms with Gasteiger partial charge in [-0.15, -0.1) is 12.4 Å². The molecule has 0 saturated carbocycles. The van der Waals surface area contributed by atoms with Gasteiger partial charge in [0.2, 0.25) is 0 Å². The summed E-state index contributed by atoms with van der Waals surface area (Å²) in [5.41, 5.74) is 7.83. The Bertz CT molecular complexity index is 447. The van der Waals surface area contributed by atoms with Crippen LogP contribution in [0.5, 0.6) is 0 Å². The highest BCUT2D eigenvalue weighted by molar-refractivity contribution is 5.85. The summed E-state index contributed by atoms with van der Waals surface area (Å²) in [6.07, 6.45) is 25.0. The minimum Gasteiger partial charge on any atom is -0.328 e. The van der Waals surface area contributed by atoms with E-state index in [0.29, 0.717) is 12.0 Å². The van der Waals surface area contributed by atoms with Gasteiger partial charge < -0.3 is 5.73 Å². The zero-order valence-corrected chi connectivity index (χ0v) is 21.1. The summed E-state index contributed by atoms with van der Waals surface area (Å²) in [6.45, 7) is 4.64. The van der Waals surface area contributed by atoms with Crippen LogP contribution in [0.3, 0.4) is 0 Å². The molecule has 2 unspecified atom stereocenters. The molecule has 0 aliphatic carbocycles. The van der Waals surface area contributed by atoms with Crippen molar-refractivity contribution < 1.29 is 0 Å².